The van der Waals surface area contributed by atoms with Gasteiger partial charge in [-0.25, -0.2) is 9.97 Å². The van der Waals surface area contributed by atoms with Gasteiger partial charge in [-0.05, 0) is 30.5 Å². The van der Waals surface area contributed by atoms with Crippen molar-refractivity contribution in [2.24, 2.45) is 0 Å². The van der Waals surface area contributed by atoms with Gasteiger partial charge in [0.05, 0.1) is 5.39 Å². The SMILES string of the molecule is c1ccc(-c2cn(-c3ccccc3)c3ncnc(N4CCCCCC4)c23)cc1. The van der Waals surface area contributed by atoms with Gasteiger partial charge < -0.3 is 9.47 Å². The summed E-state index contributed by atoms with van der Waals surface area (Å²) >= 11 is 0. The van der Waals surface area contributed by atoms with Crippen LogP contribution in [0, 0.1) is 0 Å². The van der Waals surface area contributed by atoms with Crippen LogP contribution in [0.25, 0.3) is 27.8 Å². The number of anilines is 1. The number of para-hydroxylation sites is 1. The zero-order valence-electron chi connectivity index (χ0n) is 16.0. The number of hydrogen-bond donors (Lipinski definition) is 0. The summed E-state index contributed by atoms with van der Waals surface area (Å²) in [6, 6.07) is 21.0. The van der Waals surface area contributed by atoms with Crippen LogP contribution in [0.3, 0.4) is 0 Å². The minimum absolute atomic E-state index is 0.972. The summed E-state index contributed by atoms with van der Waals surface area (Å²) in [5.41, 5.74) is 4.49. The second kappa shape index (κ2) is 7.47. The first-order chi connectivity index (χ1) is 13.9. The van der Waals surface area contributed by atoms with Crippen molar-refractivity contribution in [3.8, 4) is 16.8 Å². The van der Waals surface area contributed by atoms with Crippen molar-refractivity contribution in [3.63, 3.8) is 0 Å². The maximum atomic E-state index is 4.77. The molecule has 4 heteroatoms. The number of rotatable bonds is 3. The average molecular weight is 368 g/mol. The lowest BCUT2D eigenvalue weighted by Gasteiger charge is -2.22. The molecule has 140 valence electrons. The van der Waals surface area contributed by atoms with Crippen molar-refractivity contribution in [3.05, 3.63) is 73.2 Å². The Morgan fingerprint density at radius 3 is 2.11 bits per heavy atom. The van der Waals surface area contributed by atoms with Crippen LogP contribution in [-0.2, 0) is 0 Å². The maximum absolute atomic E-state index is 4.77. The number of benzene rings is 2. The molecule has 0 radical (unpaired) electrons. The molecule has 0 spiro atoms. The average Bonchev–Trinajstić information content (AvgIpc) is 2.95. The first kappa shape index (κ1) is 17.0. The largest absolute Gasteiger partial charge is 0.356 e. The lowest BCUT2D eigenvalue weighted by Crippen LogP contribution is -2.25. The van der Waals surface area contributed by atoms with Crippen LogP contribution in [0.1, 0.15) is 25.7 Å². The molecular weight excluding hydrogens is 344 g/mol. The van der Waals surface area contributed by atoms with Crippen molar-refractivity contribution in [1.29, 1.82) is 0 Å². The van der Waals surface area contributed by atoms with Gasteiger partial charge in [-0.3, -0.25) is 0 Å². The van der Waals surface area contributed by atoms with Gasteiger partial charge in [0.15, 0.2) is 5.65 Å². The predicted octanol–water partition coefficient (Wildman–Crippen LogP) is 5.47. The van der Waals surface area contributed by atoms with E-state index in [0.717, 1.165) is 35.6 Å². The predicted molar refractivity (Wildman–Crippen MR) is 115 cm³/mol. The van der Waals surface area contributed by atoms with E-state index in [4.69, 9.17) is 9.97 Å². The van der Waals surface area contributed by atoms with E-state index in [-0.39, 0.29) is 0 Å². The van der Waals surface area contributed by atoms with Gasteiger partial charge >= 0.3 is 0 Å². The second-order valence-corrected chi connectivity index (χ2v) is 7.41. The molecule has 1 aliphatic rings. The van der Waals surface area contributed by atoms with Crippen LogP contribution in [0.5, 0.6) is 0 Å². The molecule has 0 saturated carbocycles. The minimum Gasteiger partial charge on any atom is -0.356 e. The molecule has 0 N–H and O–H groups in total. The van der Waals surface area contributed by atoms with Crippen LogP contribution >= 0.6 is 0 Å². The topological polar surface area (TPSA) is 34.0 Å². The molecule has 2 aromatic carbocycles. The van der Waals surface area contributed by atoms with E-state index in [2.05, 4.69) is 70.3 Å². The van der Waals surface area contributed by atoms with E-state index in [1.807, 2.05) is 6.07 Å². The summed E-state index contributed by atoms with van der Waals surface area (Å²) < 4.78 is 2.20. The van der Waals surface area contributed by atoms with E-state index >= 15 is 0 Å². The van der Waals surface area contributed by atoms with Crippen molar-refractivity contribution in [2.45, 2.75) is 25.7 Å². The van der Waals surface area contributed by atoms with Crippen LogP contribution in [-0.4, -0.2) is 27.6 Å². The van der Waals surface area contributed by atoms with Crippen LogP contribution < -0.4 is 4.90 Å². The molecule has 0 unspecified atom stereocenters. The van der Waals surface area contributed by atoms with E-state index in [0.29, 0.717) is 0 Å². The molecule has 0 amide bonds. The highest BCUT2D eigenvalue weighted by atomic mass is 15.2. The lowest BCUT2D eigenvalue weighted by atomic mass is 10.1. The molecule has 5 rings (SSSR count). The van der Waals surface area contributed by atoms with Gasteiger partial charge in [-0.1, -0.05) is 61.4 Å². The number of hydrogen-bond acceptors (Lipinski definition) is 3. The third-order valence-corrected chi connectivity index (χ3v) is 5.59. The monoisotopic (exact) mass is 368 g/mol. The standard InChI is InChI=1S/C24H24N4/c1-2-10-16-27(15-9-1)23-22-21(19-11-5-3-6-12-19)17-28(24(22)26-18-25-23)20-13-7-4-8-14-20/h3-8,11-14,17-18H,1-2,9-10,15-16H2. The Balaban J connectivity index is 1.76. The van der Waals surface area contributed by atoms with Crippen LogP contribution in [0.15, 0.2) is 73.2 Å². The van der Waals surface area contributed by atoms with E-state index in [1.54, 1.807) is 6.33 Å². The van der Waals surface area contributed by atoms with Crippen molar-refractivity contribution < 1.29 is 0 Å². The van der Waals surface area contributed by atoms with E-state index in [1.165, 1.54) is 36.8 Å². The third kappa shape index (κ3) is 3.05. The van der Waals surface area contributed by atoms with E-state index in [9.17, 15) is 0 Å². The molecule has 1 saturated heterocycles. The quantitative estimate of drug-likeness (QED) is 0.481. The van der Waals surface area contributed by atoms with Gasteiger partial charge in [-0.2, -0.15) is 0 Å². The fourth-order valence-corrected chi connectivity index (χ4v) is 4.19. The molecule has 3 heterocycles. The second-order valence-electron chi connectivity index (χ2n) is 7.41. The molecule has 1 fully saturated rings. The molecule has 0 aliphatic carbocycles. The summed E-state index contributed by atoms with van der Waals surface area (Å²) in [7, 11) is 0. The maximum Gasteiger partial charge on any atom is 0.150 e. The Bertz CT molecular complexity index is 1060. The highest BCUT2D eigenvalue weighted by molar-refractivity contribution is 6.02. The zero-order chi connectivity index (χ0) is 18.8. The normalized spacial score (nSPS) is 14.9. The fourth-order valence-electron chi connectivity index (χ4n) is 4.19. The van der Waals surface area contributed by atoms with E-state index < -0.39 is 0 Å². The molecule has 28 heavy (non-hydrogen) atoms. The van der Waals surface area contributed by atoms with Gasteiger partial charge in [-0.15, -0.1) is 0 Å². The number of aromatic nitrogens is 3. The summed E-state index contributed by atoms with van der Waals surface area (Å²) in [6.07, 6.45) is 9.00. The first-order valence-corrected chi connectivity index (χ1v) is 10.1. The van der Waals surface area contributed by atoms with Crippen LogP contribution in [0.4, 0.5) is 5.82 Å². The Morgan fingerprint density at radius 1 is 0.714 bits per heavy atom. The highest BCUT2D eigenvalue weighted by Gasteiger charge is 2.21. The van der Waals surface area contributed by atoms with Gasteiger partial charge in [0, 0.05) is 30.5 Å². The zero-order valence-corrected chi connectivity index (χ0v) is 16.0. The lowest BCUT2D eigenvalue weighted by molar-refractivity contribution is 0.726. The minimum atomic E-state index is 0.972. The van der Waals surface area contributed by atoms with Gasteiger partial charge in [0.2, 0.25) is 0 Å². The smallest absolute Gasteiger partial charge is 0.150 e. The molecule has 0 bridgehead atoms. The molecule has 2 aromatic heterocycles. The summed E-state index contributed by atoms with van der Waals surface area (Å²) in [5, 5.41) is 1.15. The summed E-state index contributed by atoms with van der Waals surface area (Å²) in [6.45, 7) is 2.13. The molecule has 0 atom stereocenters. The first-order valence-electron chi connectivity index (χ1n) is 10.1. The molecular formula is C24H24N4. The summed E-state index contributed by atoms with van der Waals surface area (Å²) in [5.74, 6) is 1.07. The van der Waals surface area contributed by atoms with Crippen molar-refractivity contribution >= 4 is 16.9 Å². The summed E-state index contributed by atoms with van der Waals surface area (Å²) in [4.78, 5) is 11.9. The van der Waals surface area contributed by atoms with Crippen LogP contribution in [0.2, 0.25) is 0 Å². The number of nitrogens with zero attached hydrogens (tertiary/aromatic N) is 4. The Morgan fingerprint density at radius 2 is 1.39 bits per heavy atom. The Labute approximate surface area is 165 Å². The highest BCUT2D eigenvalue weighted by Crippen LogP contribution is 2.37. The Hall–Kier alpha value is -3.14. The van der Waals surface area contributed by atoms with Gasteiger partial charge in [0.25, 0.3) is 0 Å². The number of fused-ring (bicyclic) bond motifs is 1. The molecule has 1 aliphatic heterocycles. The fraction of sp³-hybridized carbons (Fsp3) is 0.250. The Kier molecular flexibility index (Phi) is 4.53. The molecule has 4 nitrogen and oxygen atoms in total. The molecule has 4 aromatic rings. The third-order valence-electron chi connectivity index (χ3n) is 5.59. The van der Waals surface area contributed by atoms with Crippen molar-refractivity contribution in [1.82, 2.24) is 14.5 Å². The van der Waals surface area contributed by atoms with Gasteiger partial charge in [0.1, 0.15) is 12.1 Å². The van der Waals surface area contributed by atoms with Crippen molar-refractivity contribution in [2.75, 3.05) is 18.0 Å².